The highest BCUT2D eigenvalue weighted by atomic mass is 19.4. The molecule has 1 aliphatic rings. The smallest absolute Gasteiger partial charge is 0.375 e. The zero-order valence-electron chi connectivity index (χ0n) is 14.4. The summed E-state index contributed by atoms with van der Waals surface area (Å²) in [6.07, 6.45) is -3.81. The molecule has 1 aromatic carbocycles. The predicted molar refractivity (Wildman–Crippen MR) is 88.6 cm³/mol. The Morgan fingerprint density at radius 3 is 2.77 bits per heavy atom. The van der Waals surface area contributed by atoms with Gasteiger partial charge in [-0.2, -0.15) is 13.2 Å². The monoisotopic (exact) mass is 373 g/mol. The second-order valence-corrected chi connectivity index (χ2v) is 6.00. The third kappa shape index (κ3) is 5.70. The Morgan fingerprint density at radius 2 is 2.08 bits per heavy atom. The fraction of sp³-hybridized carbons (Fsp3) is 0.529. The number of alkyl halides is 3. The summed E-state index contributed by atoms with van der Waals surface area (Å²) in [5.41, 5.74) is -1.07. The van der Waals surface area contributed by atoms with Gasteiger partial charge < -0.3 is 20.7 Å². The molecule has 0 unspecified atom stereocenters. The maximum Gasteiger partial charge on any atom is 0.416 e. The van der Waals surface area contributed by atoms with Crippen LogP contribution in [-0.2, 0) is 15.7 Å². The molecule has 0 bridgehead atoms. The standard InChI is InChI=1S/C17H22F3N3O3/c1-2-6-26-14-9-21-8-13(14)23-15(24)10-22-16(25)11-4-3-5-12(7-11)17(18,19)20/h3-5,7,13-14,21H,2,6,8-10H2,1H3,(H,22,25)(H,23,24)/t13-,14-/m1/s1. The number of ether oxygens (including phenoxy) is 1. The van der Waals surface area contributed by atoms with E-state index in [9.17, 15) is 22.8 Å². The number of nitrogens with one attached hydrogen (secondary N) is 3. The Hall–Kier alpha value is -2.13. The molecule has 0 saturated carbocycles. The average Bonchev–Trinajstić information content (AvgIpc) is 3.04. The van der Waals surface area contributed by atoms with E-state index >= 15 is 0 Å². The lowest BCUT2D eigenvalue weighted by Gasteiger charge is -2.20. The predicted octanol–water partition coefficient (Wildman–Crippen LogP) is 1.32. The molecule has 3 N–H and O–H groups in total. The Balaban J connectivity index is 1.84. The van der Waals surface area contributed by atoms with E-state index in [1.165, 1.54) is 6.07 Å². The fourth-order valence-electron chi connectivity index (χ4n) is 2.60. The molecule has 0 aliphatic carbocycles. The van der Waals surface area contributed by atoms with Crippen molar-refractivity contribution in [3.8, 4) is 0 Å². The summed E-state index contributed by atoms with van der Waals surface area (Å²) in [6.45, 7) is 3.43. The van der Waals surface area contributed by atoms with Gasteiger partial charge in [-0.1, -0.05) is 13.0 Å². The van der Waals surface area contributed by atoms with Gasteiger partial charge in [0.2, 0.25) is 5.91 Å². The SMILES string of the molecule is CCCO[C@@H]1CNC[C@H]1NC(=O)CNC(=O)c1cccc(C(F)(F)F)c1. The van der Waals surface area contributed by atoms with Crippen molar-refractivity contribution in [1.29, 1.82) is 0 Å². The quantitative estimate of drug-likeness (QED) is 0.674. The number of carbonyl (C=O) groups is 2. The summed E-state index contributed by atoms with van der Waals surface area (Å²) >= 11 is 0. The zero-order valence-corrected chi connectivity index (χ0v) is 14.4. The number of halogens is 3. The number of rotatable bonds is 7. The van der Waals surface area contributed by atoms with Crippen molar-refractivity contribution in [2.45, 2.75) is 31.7 Å². The van der Waals surface area contributed by atoms with E-state index in [-0.39, 0.29) is 24.3 Å². The molecule has 0 spiro atoms. The van der Waals surface area contributed by atoms with Gasteiger partial charge in [0, 0.05) is 25.3 Å². The number of hydrogen-bond acceptors (Lipinski definition) is 4. The van der Waals surface area contributed by atoms with E-state index in [0.717, 1.165) is 24.6 Å². The Morgan fingerprint density at radius 1 is 1.31 bits per heavy atom. The highest BCUT2D eigenvalue weighted by Gasteiger charge is 2.31. The van der Waals surface area contributed by atoms with Crippen molar-refractivity contribution in [1.82, 2.24) is 16.0 Å². The van der Waals surface area contributed by atoms with Gasteiger partial charge in [-0.05, 0) is 24.6 Å². The first-order valence-corrected chi connectivity index (χ1v) is 8.38. The zero-order chi connectivity index (χ0) is 19.2. The normalized spacial score (nSPS) is 20.0. The first-order valence-electron chi connectivity index (χ1n) is 8.38. The lowest BCUT2D eigenvalue weighted by atomic mass is 10.1. The van der Waals surface area contributed by atoms with Crippen LogP contribution in [0.2, 0.25) is 0 Å². The maximum absolute atomic E-state index is 12.7. The Labute approximate surface area is 149 Å². The fourth-order valence-corrected chi connectivity index (χ4v) is 2.60. The van der Waals surface area contributed by atoms with Crippen LogP contribution in [0.4, 0.5) is 13.2 Å². The van der Waals surface area contributed by atoms with Crippen LogP contribution < -0.4 is 16.0 Å². The molecule has 2 atom stereocenters. The van der Waals surface area contributed by atoms with Gasteiger partial charge in [0.25, 0.3) is 5.91 Å². The van der Waals surface area contributed by atoms with Crippen LogP contribution in [0.1, 0.15) is 29.3 Å². The van der Waals surface area contributed by atoms with E-state index in [2.05, 4.69) is 16.0 Å². The highest BCUT2D eigenvalue weighted by Crippen LogP contribution is 2.29. The Kier molecular flexibility index (Phi) is 6.98. The summed E-state index contributed by atoms with van der Waals surface area (Å²) in [4.78, 5) is 24.0. The van der Waals surface area contributed by atoms with Crippen LogP contribution in [0, 0.1) is 0 Å². The van der Waals surface area contributed by atoms with Crippen LogP contribution in [-0.4, -0.2) is 50.2 Å². The lowest BCUT2D eigenvalue weighted by Crippen LogP contribution is -2.47. The minimum absolute atomic E-state index is 0.141. The molecule has 1 heterocycles. The van der Waals surface area contributed by atoms with Gasteiger partial charge in [0.1, 0.15) is 0 Å². The van der Waals surface area contributed by atoms with Gasteiger partial charge in [0.05, 0.1) is 24.3 Å². The van der Waals surface area contributed by atoms with Crippen molar-refractivity contribution in [2.24, 2.45) is 0 Å². The van der Waals surface area contributed by atoms with E-state index in [0.29, 0.717) is 19.7 Å². The molecule has 0 aromatic heterocycles. The van der Waals surface area contributed by atoms with E-state index in [1.807, 2.05) is 6.92 Å². The summed E-state index contributed by atoms with van der Waals surface area (Å²) in [5.74, 6) is -1.17. The van der Waals surface area contributed by atoms with Crippen molar-refractivity contribution < 1.29 is 27.5 Å². The maximum atomic E-state index is 12.7. The molecule has 1 saturated heterocycles. The average molecular weight is 373 g/mol. The lowest BCUT2D eigenvalue weighted by molar-refractivity contribution is -0.137. The molecule has 144 valence electrons. The molecular formula is C17H22F3N3O3. The van der Waals surface area contributed by atoms with E-state index < -0.39 is 23.6 Å². The number of amides is 2. The van der Waals surface area contributed by atoms with Gasteiger partial charge >= 0.3 is 6.18 Å². The Bertz CT molecular complexity index is 637. The van der Waals surface area contributed by atoms with Crippen LogP contribution in [0.25, 0.3) is 0 Å². The molecule has 1 fully saturated rings. The minimum atomic E-state index is -4.53. The molecule has 1 aromatic rings. The van der Waals surface area contributed by atoms with Gasteiger partial charge in [0.15, 0.2) is 0 Å². The molecule has 26 heavy (non-hydrogen) atoms. The molecule has 1 aliphatic heterocycles. The van der Waals surface area contributed by atoms with E-state index in [1.54, 1.807) is 0 Å². The summed E-state index contributed by atoms with van der Waals surface area (Å²) in [6, 6.07) is 3.84. The summed E-state index contributed by atoms with van der Waals surface area (Å²) < 4.78 is 43.7. The van der Waals surface area contributed by atoms with Crippen molar-refractivity contribution >= 4 is 11.8 Å². The third-order valence-electron chi connectivity index (χ3n) is 3.90. The molecule has 9 heteroatoms. The van der Waals surface area contributed by atoms with Crippen molar-refractivity contribution in [3.63, 3.8) is 0 Å². The van der Waals surface area contributed by atoms with Gasteiger partial charge in [-0.25, -0.2) is 0 Å². The third-order valence-corrected chi connectivity index (χ3v) is 3.90. The first kappa shape index (κ1) is 20.2. The largest absolute Gasteiger partial charge is 0.416 e. The van der Waals surface area contributed by atoms with Gasteiger partial charge in [-0.3, -0.25) is 9.59 Å². The minimum Gasteiger partial charge on any atom is -0.375 e. The van der Waals surface area contributed by atoms with Crippen LogP contribution >= 0.6 is 0 Å². The molecule has 0 radical (unpaired) electrons. The second-order valence-electron chi connectivity index (χ2n) is 6.00. The second kappa shape index (κ2) is 9.00. The molecule has 6 nitrogen and oxygen atoms in total. The van der Waals surface area contributed by atoms with Crippen LogP contribution in [0.5, 0.6) is 0 Å². The highest BCUT2D eigenvalue weighted by molar-refractivity contribution is 5.96. The molecular weight excluding hydrogens is 351 g/mol. The topological polar surface area (TPSA) is 79.5 Å². The number of benzene rings is 1. The van der Waals surface area contributed by atoms with Gasteiger partial charge in [-0.15, -0.1) is 0 Å². The molecule has 2 rings (SSSR count). The van der Waals surface area contributed by atoms with Crippen LogP contribution in [0.3, 0.4) is 0 Å². The van der Waals surface area contributed by atoms with Crippen molar-refractivity contribution in [3.05, 3.63) is 35.4 Å². The summed E-state index contributed by atoms with van der Waals surface area (Å²) in [7, 11) is 0. The summed E-state index contributed by atoms with van der Waals surface area (Å²) in [5, 5.41) is 8.20. The number of hydrogen-bond donors (Lipinski definition) is 3. The van der Waals surface area contributed by atoms with E-state index in [4.69, 9.17) is 4.74 Å². The first-order chi connectivity index (χ1) is 12.3. The van der Waals surface area contributed by atoms with Crippen LogP contribution in [0.15, 0.2) is 24.3 Å². The molecule has 2 amide bonds. The number of carbonyl (C=O) groups excluding carboxylic acids is 2. The van der Waals surface area contributed by atoms with Crippen molar-refractivity contribution in [2.75, 3.05) is 26.2 Å².